The lowest BCUT2D eigenvalue weighted by atomic mass is 10.1. The fourth-order valence-electron chi connectivity index (χ4n) is 2.90. The Morgan fingerprint density at radius 2 is 1.73 bits per heavy atom. The molecule has 0 spiro atoms. The van der Waals surface area contributed by atoms with Crippen molar-refractivity contribution in [2.24, 2.45) is 0 Å². The molecule has 0 aliphatic carbocycles. The molecule has 0 radical (unpaired) electrons. The molecule has 0 saturated carbocycles. The molecule has 3 rings (SSSR count). The third-order valence-corrected chi connectivity index (χ3v) is 5.11. The molecule has 0 aliphatic rings. The molecule has 30 heavy (non-hydrogen) atoms. The van der Waals surface area contributed by atoms with E-state index in [9.17, 15) is 14.4 Å². The van der Waals surface area contributed by atoms with E-state index in [-0.39, 0.29) is 11.3 Å². The van der Waals surface area contributed by atoms with Crippen molar-refractivity contribution in [2.45, 2.75) is 38.4 Å². The summed E-state index contributed by atoms with van der Waals surface area (Å²) in [4.78, 5) is 42.0. The van der Waals surface area contributed by atoms with Crippen molar-refractivity contribution < 1.29 is 9.59 Å². The second kappa shape index (κ2) is 8.71. The van der Waals surface area contributed by atoms with E-state index in [1.807, 2.05) is 58.0 Å². The highest BCUT2D eigenvalue weighted by Crippen LogP contribution is 2.22. The summed E-state index contributed by atoms with van der Waals surface area (Å²) < 4.78 is 1.52. The van der Waals surface area contributed by atoms with Crippen LogP contribution in [0.4, 0.5) is 4.79 Å². The quantitative estimate of drug-likeness (QED) is 0.495. The maximum atomic E-state index is 13.2. The SMILES string of the molecule is Cc1ccccc1-n1c(SCC(=O)NC(=O)NC(C)(C)C)nc2ccccc2c1=O. The monoisotopic (exact) mass is 424 g/mol. The van der Waals surface area contributed by atoms with E-state index < -0.39 is 17.5 Å². The van der Waals surface area contributed by atoms with Crippen LogP contribution < -0.4 is 16.2 Å². The minimum absolute atomic E-state index is 0.0613. The van der Waals surface area contributed by atoms with Crippen LogP contribution in [0.25, 0.3) is 16.6 Å². The smallest absolute Gasteiger partial charge is 0.321 e. The summed E-state index contributed by atoms with van der Waals surface area (Å²) in [6.45, 7) is 7.39. The number of thioether (sulfide) groups is 1. The van der Waals surface area contributed by atoms with Crippen LogP contribution >= 0.6 is 11.8 Å². The second-order valence-electron chi connectivity index (χ2n) is 7.88. The van der Waals surface area contributed by atoms with Crippen LogP contribution in [0.1, 0.15) is 26.3 Å². The number of benzene rings is 2. The summed E-state index contributed by atoms with van der Waals surface area (Å²) >= 11 is 1.11. The van der Waals surface area contributed by atoms with Crippen molar-refractivity contribution in [1.82, 2.24) is 20.2 Å². The normalized spacial score (nSPS) is 11.3. The highest BCUT2D eigenvalue weighted by Gasteiger charge is 2.18. The Balaban J connectivity index is 1.92. The molecule has 8 heteroatoms. The van der Waals surface area contributed by atoms with Crippen LogP contribution in [0.3, 0.4) is 0 Å². The molecule has 3 amide bonds. The number of hydrogen-bond donors (Lipinski definition) is 2. The van der Waals surface area contributed by atoms with Crippen molar-refractivity contribution in [2.75, 3.05) is 5.75 Å². The Bertz CT molecular complexity index is 1160. The maximum Gasteiger partial charge on any atom is 0.321 e. The first kappa shape index (κ1) is 21.6. The lowest BCUT2D eigenvalue weighted by Gasteiger charge is -2.20. The van der Waals surface area contributed by atoms with Gasteiger partial charge in [0.05, 0.1) is 22.3 Å². The standard InChI is InChI=1S/C22H24N4O3S/c1-14-9-5-8-12-17(14)26-19(28)15-10-6-7-11-16(15)23-21(26)30-13-18(27)24-20(29)25-22(2,3)4/h5-12H,13H2,1-4H3,(H2,24,25,27,29). The number of fused-ring (bicyclic) bond motifs is 1. The molecule has 1 heterocycles. The number of rotatable bonds is 4. The topological polar surface area (TPSA) is 93.1 Å². The predicted octanol–water partition coefficient (Wildman–Crippen LogP) is 3.41. The molecule has 7 nitrogen and oxygen atoms in total. The largest absolute Gasteiger partial charge is 0.333 e. The predicted molar refractivity (Wildman–Crippen MR) is 119 cm³/mol. The van der Waals surface area contributed by atoms with Crippen molar-refractivity contribution in [3.05, 3.63) is 64.4 Å². The molecule has 0 atom stereocenters. The molecule has 0 saturated heterocycles. The summed E-state index contributed by atoms with van der Waals surface area (Å²) in [5.74, 6) is -0.533. The molecule has 0 aliphatic heterocycles. The van der Waals surface area contributed by atoms with Gasteiger partial charge < -0.3 is 5.32 Å². The minimum Gasteiger partial charge on any atom is -0.333 e. The van der Waals surface area contributed by atoms with E-state index in [1.54, 1.807) is 18.2 Å². The van der Waals surface area contributed by atoms with Crippen molar-refractivity contribution in [3.63, 3.8) is 0 Å². The average Bonchev–Trinajstić information content (AvgIpc) is 2.66. The molecule has 2 N–H and O–H groups in total. The van der Waals surface area contributed by atoms with Gasteiger partial charge in [0.2, 0.25) is 5.91 Å². The van der Waals surface area contributed by atoms with Crippen LogP contribution in [0.15, 0.2) is 58.5 Å². The van der Waals surface area contributed by atoms with Gasteiger partial charge >= 0.3 is 6.03 Å². The number of hydrogen-bond acceptors (Lipinski definition) is 5. The zero-order chi connectivity index (χ0) is 21.9. The second-order valence-corrected chi connectivity index (χ2v) is 8.82. The summed E-state index contributed by atoms with van der Waals surface area (Å²) in [6, 6.07) is 14.0. The zero-order valence-electron chi connectivity index (χ0n) is 17.4. The number of amides is 3. The molecule has 1 aromatic heterocycles. The number of carbonyl (C=O) groups is 2. The summed E-state index contributed by atoms with van der Waals surface area (Å²) in [7, 11) is 0. The van der Waals surface area contributed by atoms with E-state index >= 15 is 0 Å². The van der Waals surface area contributed by atoms with Crippen LogP contribution in [0, 0.1) is 6.92 Å². The van der Waals surface area contributed by atoms with Crippen LogP contribution in [-0.4, -0.2) is 32.8 Å². The molecule has 2 aromatic carbocycles. The van der Waals surface area contributed by atoms with Gasteiger partial charge in [-0.25, -0.2) is 9.78 Å². The Labute approximate surface area is 178 Å². The van der Waals surface area contributed by atoms with Gasteiger partial charge in [0, 0.05) is 5.54 Å². The number of para-hydroxylation sites is 2. The maximum absolute atomic E-state index is 13.2. The summed E-state index contributed by atoms with van der Waals surface area (Å²) in [6.07, 6.45) is 0. The van der Waals surface area contributed by atoms with Crippen LogP contribution in [-0.2, 0) is 4.79 Å². The number of imide groups is 1. The fourth-order valence-corrected chi connectivity index (χ4v) is 3.71. The Morgan fingerprint density at radius 1 is 1.07 bits per heavy atom. The van der Waals surface area contributed by atoms with Gasteiger partial charge in [0.15, 0.2) is 5.16 Å². The van der Waals surface area contributed by atoms with Gasteiger partial charge in [-0.15, -0.1) is 0 Å². The first-order valence-electron chi connectivity index (χ1n) is 9.48. The van der Waals surface area contributed by atoms with Gasteiger partial charge in [0.25, 0.3) is 5.56 Å². The molecular formula is C22H24N4O3S. The number of nitrogens with zero attached hydrogens (tertiary/aromatic N) is 2. The van der Waals surface area contributed by atoms with E-state index in [2.05, 4.69) is 15.6 Å². The van der Waals surface area contributed by atoms with Gasteiger partial charge in [-0.2, -0.15) is 0 Å². The molecule has 0 fully saturated rings. The van der Waals surface area contributed by atoms with Gasteiger partial charge in [-0.3, -0.25) is 19.5 Å². The van der Waals surface area contributed by atoms with Crippen molar-refractivity contribution >= 4 is 34.6 Å². The molecular weight excluding hydrogens is 400 g/mol. The first-order valence-corrected chi connectivity index (χ1v) is 10.5. The highest BCUT2D eigenvalue weighted by atomic mass is 32.2. The Morgan fingerprint density at radius 3 is 2.43 bits per heavy atom. The van der Waals surface area contributed by atoms with E-state index in [0.717, 1.165) is 17.3 Å². The van der Waals surface area contributed by atoms with Crippen molar-refractivity contribution in [1.29, 1.82) is 0 Å². The molecule has 0 bridgehead atoms. The lowest BCUT2D eigenvalue weighted by Crippen LogP contribution is -2.48. The van der Waals surface area contributed by atoms with E-state index in [1.165, 1.54) is 4.57 Å². The number of carbonyl (C=O) groups excluding carboxylic acids is 2. The average molecular weight is 425 g/mol. The first-order chi connectivity index (χ1) is 14.2. The highest BCUT2D eigenvalue weighted by molar-refractivity contribution is 7.99. The third kappa shape index (κ3) is 5.07. The molecule has 0 unspecified atom stereocenters. The molecule has 156 valence electrons. The van der Waals surface area contributed by atoms with Crippen molar-refractivity contribution in [3.8, 4) is 5.69 Å². The minimum atomic E-state index is -0.559. The summed E-state index contributed by atoms with van der Waals surface area (Å²) in [5.41, 5.74) is 1.51. The molecule has 3 aromatic rings. The van der Waals surface area contributed by atoms with Gasteiger partial charge in [0.1, 0.15) is 0 Å². The third-order valence-electron chi connectivity index (χ3n) is 4.18. The fraction of sp³-hybridized carbons (Fsp3) is 0.273. The van der Waals surface area contributed by atoms with Gasteiger partial charge in [-0.1, -0.05) is 42.1 Å². The van der Waals surface area contributed by atoms with Crippen LogP contribution in [0.5, 0.6) is 0 Å². The number of aryl methyl sites for hydroxylation is 1. The van der Waals surface area contributed by atoms with Crippen LogP contribution in [0.2, 0.25) is 0 Å². The number of aromatic nitrogens is 2. The lowest BCUT2D eigenvalue weighted by molar-refractivity contribution is -0.117. The number of urea groups is 1. The number of nitrogens with one attached hydrogen (secondary N) is 2. The van der Waals surface area contributed by atoms with E-state index in [0.29, 0.717) is 21.7 Å². The Kier molecular flexibility index (Phi) is 6.26. The summed E-state index contributed by atoms with van der Waals surface area (Å²) in [5, 5.41) is 5.87. The zero-order valence-corrected chi connectivity index (χ0v) is 18.2. The van der Waals surface area contributed by atoms with E-state index in [4.69, 9.17) is 0 Å². The van der Waals surface area contributed by atoms with Gasteiger partial charge in [-0.05, 0) is 51.5 Å². The Hall–Kier alpha value is -3.13.